The van der Waals surface area contributed by atoms with Gasteiger partial charge < -0.3 is 15.5 Å². The van der Waals surface area contributed by atoms with Crippen molar-refractivity contribution >= 4 is 23.2 Å². The van der Waals surface area contributed by atoms with Gasteiger partial charge in [-0.05, 0) is 74.1 Å². The van der Waals surface area contributed by atoms with Gasteiger partial charge in [0.1, 0.15) is 0 Å². The Bertz CT molecular complexity index is 1060. The molecule has 1 aromatic heterocycles. The van der Waals surface area contributed by atoms with Crippen LogP contribution in [-0.2, 0) is 0 Å². The molecule has 0 spiro atoms. The fraction of sp³-hybridized carbons (Fsp3) is 0.320. The first-order chi connectivity index (χ1) is 15.0. The number of carbonyl (C=O) groups excluding carboxylic acids is 1. The highest BCUT2D eigenvalue weighted by Gasteiger charge is 2.17. The van der Waals surface area contributed by atoms with E-state index in [1.165, 1.54) is 12.8 Å². The molecule has 2 heterocycles. The van der Waals surface area contributed by atoms with Gasteiger partial charge in [-0.3, -0.25) is 0 Å². The highest BCUT2D eigenvalue weighted by Crippen LogP contribution is 2.25. The van der Waals surface area contributed by atoms with Crippen molar-refractivity contribution in [2.75, 3.05) is 28.6 Å². The summed E-state index contributed by atoms with van der Waals surface area (Å²) in [6.45, 7) is 8.39. The smallest absolute Gasteiger partial charge is 0.323 e. The lowest BCUT2D eigenvalue weighted by molar-refractivity contribution is 0.262. The van der Waals surface area contributed by atoms with E-state index in [-0.39, 0.29) is 6.03 Å². The van der Waals surface area contributed by atoms with Crippen molar-refractivity contribution in [2.24, 2.45) is 5.92 Å². The highest BCUT2D eigenvalue weighted by atomic mass is 16.2. The predicted molar refractivity (Wildman–Crippen MR) is 127 cm³/mol. The van der Waals surface area contributed by atoms with Gasteiger partial charge in [0.15, 0.2) is 5.82 Å². The van der Waals surface area contributed by atoms with Gasteiger partial charge in [0.25, 0.3) is 0 Å². The Labute approximate surface area is 183 Å². The molecule has 31 heavy (non-hydrogen) atoms. The van der Waals surface area contributed by atoms with Crippen molar-refractivity contribution < 1.29 is 4.79 Å². The molecule has 6 heteroatoms. The van der Waals surface area contributed by atoms with Crippen LogP contribution in [0.4, 0.5) is 22.0 Å². The van der Waals surface area contributed by atoms with Gasteiger partial charge in [-0.1, -0.05) is 31.2 Å². The lowest BCUT2D eigenvalue weighted by atomic mass is 9.99. The van der Waals surface area contributed by atoms with Gasteiger partial charge in [0.2, 0.25) is 0 Å². The summed E-state index contributed by atoms with van der Waals surface area (Å²) in [6.07, 6.45) is 2.39. The van der Waals surface area contributed by atoms with E-state index in [4.69, 9.17) is 0 Å². The van der Waals surface area contributed by atoms with Crippen LogP contribution in [0, 0.1) is 19.8 Å². The topological polar surface area (TPSA) is 70.2 Å². The number of rotatable bonds is 4. The summed E-state index contributed by atoms with van der Waals surface area (Å²) < 4.78 is 0. The van der Waals surface area contributed by atoms with Crippen LogP contribution in [0.1, 0.15) is 30.9 Å². The van der Waals surface area contributed by atoms with Crippen LogP contribution in [0.25, 0.3) is 11.3 Å². The van der Waals surface area contributed by atoms with E-state index < -0.39 is 0 Å². The third kappa shape index (κ3) is 5.02. The zero-order valence-corrected chi connectivity index (χ0v) is 18.4. The number of aromatic nitrogens is 2. The molecule has 3 aromatic rings. The number of benzene rings is 2. The SMILES string of the molecule is Cc1cccc(NC(=O)Nc2cccc(-c3ccc(N4CCC(C)CC4)nn3)c2)c1C. The molecular formula is C25H29N5O. The number of hydrogen-bond donors (Lipinski definition) is 2. The normalized spacial score (nSPS) is 14.4. The Morgan fingerprint density at radius 2 is 1.74 bits per heavy atom. The monoisotopic (exact) mass is 415 g/mol. The maximum absolute atomic E-state index is 12.5. The van der Waals surface area contributed by atoms with Crippen molar-refractivity contribution in [3.05, 3.63) is 65.7 Å². The molecule has 1 aliphatic heterocycles. The first kappa shape index (κ1) is 20.8. The number of amides is 2. The van der Waals surface area contributed by atoms with Crippen LogP contribution in [0.5, 0.6) is 0 Å². The van der Waals surface area contributed by atoms with Crippen LogP contribution in [0.2, 0.25) is 0 Å². The number of hydrogen-bond acceptors (Lipinski definition) is 4. The molecule has 2 aromatic carbocycles. The molecule has 0 atom stereocenters. The molecule has 0 radical (unpaired) electrons. The average Bonchev–Trinajstić information content (AvgIpc) is 2.78. The highest BCUT2D eigenvalue weighted by molar-refractivity contribution is 6.00. The molecule has 4 rings (SSSR count). The van der Waals surface area contributed by atoms with Crippen molar-refractivity contribution in [3.63, 3.8) is 0 Å². The number of nitrogens with zero attached hydrogens (tertiary/aromatic N) is 3. The molecular weight excluding hydrogens is 386 g/mol. The fourth-order valence-corrected chi connectivity index (χ4v) is 3.81. The minimum absolute atomic E-state index is 0.272. The molecule has 2 amide bonds. The summed E-state index contributed by atoms with van der Waals surface area (Å²) in [4.78, 5) is 14.8. The number of anilines is 3. The molecule has 0 aliphatic carbocycles. The second-order valence-electron chi connectivity index (χ2n) is 8.35. The van der Waals surface area contributed by atoms with Crippen LogP contribution in [-0.4, -0.2) is 29.3 Å². The number of nitrogens with one attached hydrogen (secondary N) is 2. The Hall–Kier alpha value is -3.41. The predicted octanol–water partition coefficient (Wildman–Crippen LogP) is 5.64. The van der Waals surface area contributed by atoms with Gasteiger partial charge in [-0.25, -0.2) is 4.79 Å². The summed E-state index contributed by atoms with van der Waals surface area (Å²) in [7, 11) is 0. The molecule has 1 aliphatic rings. The zero-order chi connectivity index (χ0) is 21.8. The molecule has 2 N–H and O–H groups in total. The Kier molecular flexibility index (Phi) is 6.16. The van der Waals surface area contributed by atoms with Gasteiger partial charge in [-0.15, -0.1) is 10.2 Å². The number of carbonyl (C=O) groups is 1. The largest absolute Gasteiger partial charge is 0.355 e. The molecule has 0 saturated carbocycles. The van der Waals surface area contributed by atoms with Gasteiger partial charge in [-0.2, -0.15) is 0 Å². The molecule has 160 valence electrons. The number of aryl methyl sites for hydroxylation is 1. The van der Waals surface area contributed by atoms with Gasteiger partial charge in [0, 0.05) is 30.0 Å². The van der Waals surface area contributed by atoms with E-state index in [1.54, 1.807) is 0 Å². The van der Waals surface area contributed by atoms with Crippen molar-refractivity contribution in [3.8, 4) is 11.3 Å². The Morgan fingerprint density at radius 3 is 2.48 bits per heavy atom. The first-order valence-electron chi connectivity index (χ1n) is 10.8. The van der Waals surface area contributed by atoms with Crippen LogP contribution in [0.3, 0.4) is 0 Å². The molecule has 0 bridgehead atoms. The van der Waals surface area contributed by atoms with Crippen molar-refractivity contribution in [1.29, 1.82) is 0 Å². The molecule has 0 unspecified atom stereocenters. The second-order valence-corrected chi connectivity index (χ2v) is 8.35. The maximum Gasteiger partial charge on any atom is 0.323 e. The van der Waals surface area contributed by atoms with E-state index in [0.29, 0.717) is 5.69 Å². The van der Waals surface area contributed by atoms with Crippen molar-refractivity contribution in [2.45, 2.75) is 33.6 Å². The number of piperidine rings is 1. The summed E-state index contributed by atoms with van der Waals surface area (Å²) in [5.74, 6) is 1.71. The zero-order valence-electron chi connectivity index (χ0n) is 18.4. The molecule has 1 fully saturated rings. The average molecular weight is 416 g/mol. The lowest BCUT2D eigenvalue weighted by Gasteiger charge is -2.30. The van der Waals surface area contributed by atoms with E-state index in [1.807, 2.05) is 68.4 Å². The minimum Gasteiger partial charge on any atom is -0.355 e. The Morgan fingerprint density at radius 1 is 0.968 bits per heavy atom. The summed E-state index contributed by atoms with van der Waals surface area (Å²) in [5.41, 5.74) is 5.41. The lowest BCUT2D eigenvalue weighted by Crippen LogP contribution is -2.33. The third-order valence-corrected chi connectivity index (χ3v) is 6.03. The minimum atomic E-state index is -0.272. The second kappa shape index (κ2) is 9.16. The van der Waals surface area contributed by atoms with Crippen LogP contribution in [0.15, 0.2) is 54.6 Å². The van der Waals surface area contributed by atoms with E-state index >= 15 is 0 Å². The summed E-state index contributed by atoms with van der Waals surface area (Å²) in [6, 6.07) is 17.3. The summed E-state index contributed by atoms with van der Waals surface area (Å²) >= 11 is 0. The quantitative estimate of drug-likeness (QED) is 0.578. The number of urea groups is 1. The van der Waals surface area contributed by atoms with Crippen LogP contribution < -0.4 is 15.5 Å². The van der Waals surface area contributed by atoms with Crippen LogP contribution >= 0.6 is 0 Å². The first-order valence-corrected chi connectivity index (χ1v) is 10.8. The standard InChI is InChI=1S/C25H29N5O/c1-17-12-14-30(15-13-17)24-11-10-23(28-29-24)20-7-5-8-21(16-20)26-25(31)27-22-9-4-6-18(2)19(22)3/h4-11,16-17H,12-15H2,1-3H3,(H2,26,27,31). The van der Waals surface area contributed by atoms with E-state index in [9.17, 15) is 4.79 Å². The molecule has 1 saturated heterocycles. The van der Waals surface area contributed by atoms with E-state index in [0.717, 1.165) is 52.9 Å². The molecule has 6 nitrogen and oxygen atoms in total. The van der Waals surface area contributed by atoms with E-state index in [2.05, 4.69) is 32.7 Å². The third-order valence-electron chi connectivity index (χ3n) is 6.03. The van der Waals surface area contributed by atoms with Gasteiger partial charge in [0.05, 0.1) is 5.69 Å². The Balaban J connectivity index is 1.43. The van der Waals surface area contributed by atoms with Gasteiger partial charge >= 0.3 is 6.03 Å². The van der Waals surface area contributed by atoms with Crippen molar-refractivity contribution in [1.82, 2.24) is 10.2 Å². The maximum atomic E-state index is 12.5. The summed E-state index contributed by atoms with van der Waals surface area (Å²) in [5, 5.41) is 14.7. The fourth-order valence-electron chi connectivity index (χ4n) is 3.81.